The molecule has 5 nitrogen and oxygen atoms in total. The van der Waals surface area contributed by atoms with E-state index in [1.165, 1.54) is 11.6 Å². The molecule has 0 bridgehead atoms. The molecule has 1 aromatic carbocycles. The van der Waals surface area contributed by atoms with Crippen LogP contribution in [0.25, 0.3) is 0 Å². The van der Waals surface area contributed by atoms with Gasteiger partial charge in [0.15, 0.2) is 0 Å². The number of rotatable bonds is 7. The smallest absolute Gasteiger partial charge is 0.328 e. The molecule has 2 amide bonds. The van der Waals surface area contributed by atoms with Crippen molar-refractivity contribution in [3.05, 3.63) is 89.1 Å². The largest absolute Gasteiger partial charge is 0.478 e. The van der Waals surface area contributed by atoms with Crippen LogP contribution in [0.5, 0.6) is 0 Å². The van der Waals surface area contributed by atoms with Gasteiger partial charge in [-0.05, 0) is 63.3 Å². The minimum Gasteiger partial charge on any atom is -0.478 e. The number of para-hydroxylation sites is 1. The van der Waals surface area contributed by atoms with E-state index >= 15 is 0 Å². The molecule has 3 N–H and O–H groups in total. The van der Waals surface area contributed by atoms with Gasteiger partial charge in [-0.25, -0.2) is 9.59 Å². The quantitative estimate of drug-likeness (QED) is 0.397. The van der Waals surface area contributed by atoms with Crippen molar-refractivity contribution >= 4 is 17.7 Å². The highest BCUT2D eigenvalue weighted by Gasteiger charge is 2.21. The van der Waals surface area contributed by atoms with E-state index in [4.69, 9.17) is 5.11 Å². The molecule has 5 heteroatoms. The fourth-order valence-electron chi connectivity index (χ4n) is 3.30. The summed E-state index contributed by atoms with van der Waals surface area (Å²) < 4.78 is 0. The van der Waals surface area contributed by atoms with Crippen LogP contribution in [0, 0.1) is 0 Å². The highest BCUT2D eigenvalue weighted by Crippen LogP contribution is 2.26. The summed E-state index contributed by atoms with van der Waals surface area (Å²) in [7, 11) is 0. The summed E-state index contributed by atoms with van der Waals surface area (Å²) >= 11 is 0. The van der Waals surface area contributed by atoms with E-state index in [1.807, 2.05) is 55.5 Å². The van der Waals surface area contributed by atoms with E-state index in [0.717, 1.165) is 36.1 Å². The number of allylic oxidation sites excluding steroid dienone is 7. The fourth-order valence-corrected chi connectivity index (χ4v) is 3.30. The van der Waals surface area contributed by atoms with Crippen molar-refractivity contribution in [3.8, 4) is 0 Å². The third kappa shape index (κ3) is 7.95. The lowest BCUT2D eigenvalue weighted by Gasteiger charge is -2.27. The number of nitrogens with one attached hydrogen (secondary N) is 2. The molecule has 0 radical (unpaired) electrons. The van der Waals surface area contributed by atoms with Crippen molar-refractivity contribution in [3.63, 3.8) is 0 Å². The lowest BCUT2D eigenvalue weighted by atomic mass is 9.88. The van der Waals surface area contributed by atoms with E-state index in [1.54, 1.807) is 13.0 Å². The highest BCUT2D eigenvalue weighted by atomic mass is 16.4. The van der Waals surface area contributed by atoms with Crippen molar-refractivity contribution in [1.82, 2.24) is 5.32 Å². The minimum atomic E-state index is -0.952. The standard InChI is InChI=1S/C25H30N2O3/c1-18(9-7-10-19(2)17-24(28)29)15-16-22-20(3)11-8-14-23(22)27-25(30)26-21-12-5-4-6-13-21/h4-7,9-10,12-13,15-17,23H,8,11,14H2,1-3H3,(H,28,29)(H2,26,27,30)/b10-7+,16-15+,18-9+,19-17+/t23-/m0/s1. The molecular formula is C25H30N2O3. The van der Waals surface area contributed by atoms with Gasteiger partial charge in [0.05, 0.1) is 6.04 Å². The van der Waals surface area contributed by atoms with Gasteiger partial charge in [0, 0.05) is 11.8 Å². The Bertz CT molecular complexity index is 906. The molecule has 1 aliphatic carbocycles. The first-order valence-corrected chi connectivity index (χ1v) is 10.1. The zero-order valence-electron chi connectivity index (χ0n) is 17.8. The minimum absolute atomic E-state index is 0.0252. The monoisotopic (exact) mass is 406 g/mol. The van der Waals surface area contributed by atoms with E-state index in [9.17, 15) is 9.59 Å². The Morgan fingerprint density at radius 1 is 1.10 bits per heavy atom. The number of aliphatic carboxylic acids is 1. The molecule has 0 aliphatic heterocycles. The maximum Gasteiger partial charge on any atom is 0.328 e. The van der Waals surface area contributed by atoms with Crippen LogP contribution in [0.15, 0.2) is 89.1 Å². The van der Waals surface area contributed by atoms with E-state index < -0.39 is 5.97 Å². The van der Waals surface area contributed by atoms with Crippen molar-refractivity contribution < 1.29 is 14.7 Å². The molecule has 0 saturated carbocycles. The third-order valence-corrected chi connectivity index (χ3v) is 4.84. The first kappa shape index (κ1) is 22.9. The molecule has 2 rings (SSSR count). The Balaban J connectivity index is 2.03. The average Bonchev–Trinajstić information content (AvgIpc) is 2.67. The number of benzene rings is 1. The molecule has 0 unspecified atom stereocenters. The van der Waals surface area contributed by atoms with Gasteiger partial charge in [-0.3, -0.25) is 0 Å². The van der Waals surface area contributed by atoms with Crippen molar-refractivity contribution in [2.45, 2.75) is 46.1 Å². The molecule has 1 aromatic rings. The van der Waals surface area contributed by atoms with Gasteiger partial charge in [0.1, 0.15) is 0 Å². The Kier molecular flexibility index (Phi) is 8.88. The highest BCUT2D eigenvalue weighted by molar-refractivity contribution is 5.89. The van der Waals surface area contributed by atoms with Crippen molar-refractivity contribution in [2.75, 3.05) is 5.32 Å². The SMILES string of the molecule is CC1=C(/C=C/C(C)=C/C=C/C(C)=C/C(=O)O)[C@@H](NC(=O)Nc2ccccc2)CCC1. The predicted molar refractivity (Wildman–Crippen MR) is 122 cm³/mol. The molecule has 158 valence electrons. The molecule has 0 heterocycles. The van der Waals surface area contributed by atoms with Crippen LogP contribution >= 0.6 is 0 Å². The summed E-state index contributed by atoms with van der Waals surface area (Å²) in [5.41, 5.74) is 4.90. The number of urea groups is 1. The Labute approximate surface area is 178 Å². The molecule has 1 atom stereocenters. The second kappa shape index (κ2) is 11.6. The summed E-state index contributed by atoms with van der Waals surface area (Å²) in [6, 6.07) is 9.17. The summed E-state index contributed by atoms with van der Waals surface area (Å²) in [4.78, 5) is 23.1. The molecule has 0 spiro atoms. The third-order valence-electron chi connectivity index (χ3n) is 4.84. The second-order valence-electron chi connectivity index (χ2n) is 7.47. The summed E-state index contributed by atoms with van der Waals surface area (Å²) in [6.45, 7) is 5.85. The van der Waals surface area contributed by atoms with E-state index in [-0.39, 0.29) is 12.1 Å². The summed E-state index contributed by atoms with van der Waals surface area (Å²) in [5, 5.41) is 14.7. The van der Waals surface area contributed by atoms with Crippen molar-refractivity contribution in [2.24, 2.45) is 0 Å². The van der Waals surface area contributed by atoms with Gasteiger partial charge < -0.3 is 15.7 Å². The van der Waals surface area contributed by atoms with Crippen LogP contribution in [0.1, 0.15) is 40.0 Å². The number of carboxylic acids is 1. The topological polar surface area (TPSA) is 78.4 Å². The lowest BCUT2D eigenvalue weighted by Crippen LogP contribution is -2.40. The van der Waals surface area contributed by atoms with Crippen LogP contribution in [0.3, 0.4) is 0 Å². The number of anilines is 1. The predicted octanol–water partition coefficient (Wildman–Crippen LogP) is 5.77. The number of hydrogen-bond donors (Lipinski definition) is 3. The van der Waals surface area contributed by atoms with Gasteiger partial charge >= 0.3 is 12.0 Å². The van der Waals surface area contributed by atoms with Crippen LogP contribution in [-0.2, 0) is 4.79 Å². The number of amides is 2. The maximum absolute atomic E-state index is 12.4. The lowest BCUT2D eigenvalue weighted by molar-refractivity contribution is -0.131. The summed E-state index contributed by atoms with van der Waals surface area (Å²) in [6.07, 6.45) is 13.8. The van der Waals surface area contributed by atoms with Crippen LogP contribution in [0.2, 0.25) is 0 Å². The Hall–Kier alpha value is -3.34. The average molecular weight is 407 g/mol. The van der Waals surface area contributed by atoms with E-state index in [2.05, 4.69) is 23.6 Å². The van der Waals surface area contributed by atoms with Gasteiger partial charge in [0.2, 0.25) is 0 Å². The number of carbonyl (C=O) groups excluding carboxylic acids is 1. The maximum atomic E-state index is 12.4. The molecule has 0 fully saturated rings. The zero-order valence-corrected chi connectivity index (χ0v) is 17.8. The van der Waals surface area contributed by atoms with Crippen molar-refractivity contribution in [1.29, 1.82) is 0 Å². The van der Waals surface area contributed by atoms with E-state index in [0.29, 0.717) is 5.57 Å². The Morgan fingerprint density at radius 3 is 2.53 bits per heavy atom. The number of hydrogen-bond acceptors (Lipinski definition) is 2. The number of carboxylic acid groups (broad SMARTS) is 1. The molecular weight excluding hydrogens is 376 g/mol. The number of carbonyl (C=O) groups is 2. The summed E-state index contributed by atoms with van der Waals surface area (Å²) in [5.74, 6) is -0.952. The first-order valence-electron chi connectivity index (χ1n) is 10.1. The van der Waals surface area contributed by atoms with Gasteiger partial charge in [-0.2, -0.15) is 0 Å². The van der Waals surface area contributed by atoms with Gasteiger partial charge in [-0.1, -0.05) is 59.7 Å². The zero-order chi connectivity index (χ0) is 21.9. The van der Waals surface area contributed by atoms with Gasteiger partial charge in [0.25, 0.3) is 0 Å². The molecule has 1 aliphatic rings. The fraction of sp³-hybridized carbons (Fsp3) is 0.280. The Morgan fingerprint density at radius 2 is 1.83 bits per heavy atom. The van der Waals surface area contributed by atoms with Crippen LogP contribution in [0.4, 0.5) is 10.5 Å². The first-order chi connectivity index (χ1) is 14.3. The molecule has 0 saturated heterocycles. The molecule has 0 aromatic heterocycles. The van der Waals surface area contributed by atoms with Gasteiger partial charge in [-0.15, -0.1) is 0 Å². The second-order valence-corrected chi connectivity index (χ2v) is 7.47. The van der Waals surface area contributed by atoms with Crippen LogP contribution in [-0.4, -0.2) is 23.1 Å². The normalized spacial score (nSPS) is 18.2. The molecule has 30 heavy (non-hydrogen) atoms. The van der Waals surface area contributed by atoms with Crippen LogP contribution < -0.4 is 10.6 Å².